The molecule has 5 heteroatoms. The third-order valence-electron chi connectivity index (χ3n) is 11.7. The first-order chi connectivity index (χ1) is 23.2. The first kappa shape index (κ1) is 31.4. The molecule has 0 spiro atoms. The summed E-state index contributed by atoms with van der Waals surface area (Å²) in [5.74, 6) is 2.53. The normalized spacial score (nSPS) is 20.8. The summed E-state index contributed by atoms with van der Waals surface area (Å²) in [6.07, 6.45) is 1.97. The Morgan fingerprint density at radius 2 is 1.45 bits per heavy atom. The number of nitrogens with zero attached hydrogens (tertiary/aromatic N) is 3. The number of hydrogen-bond donors (Lipinski definition) is 0. The minimum absolute atomic E-state index is 0.197. The second-order valence-electron chi connectivity index (χ2n) is 15.4. The fourth-order valence-electron chi connectivity index (χ4n) is 8.23. The van der Waals surface area contributed by atoms with E-state index < -0.39 is 11.1 Å². The second kappa shape index (κ2) is 10.5. The van der Waals surface area contributed by atoms with Crippen molar-refractivity contribution in [2.24, 2.45) is 10.9 Å². The topological polar surface area (TPSA) is 48.6 Å². The molecule has 0 bridgehead atoms. The predicted octanol–water partition coefficient (Wildman–Crippen LogP) is 11.0. The molecule has 4 heterocycles. The van der Waals surface area contributed by atoms with Crippen molar-refractivity contribution in [2.45, 2.75) is 85.8 Å². The van der Waals surface area contributed by atoms with Crippen molar-refractivity contribution in [2.75, 3.05) is 0 Å². The minimum atomic E-state index is -0.619. The Kier molecular flexibility index (Phi) is 6.75. The third kappa shape index (κ3) is 4.37. The zero-order valence-corrected chi connectivity index (χ0v) is 30.3. The largest absolute Gasteiger partial charge is 0.464 e. The van der Waals surface area contributed by atoms with Gasteiger partial charge in [-0.2, -0.15) is 0 Å². The van der Waals surface area contributed by atoms with Gasteiger partial charge in [0.2, 0.25) is 5.90 Å². The van der Waals surface area contributed by atoms with Crippen LogP contribution in [0.4, 0.5) is 0 Å². The molecule has 8 rings (SSSR count). The van der Waals surface area contributed by atoms with Crippen LogP contribution in [0, 0.1) is 33.6 Å². The lowest BCUT2D eigenvalue weighted by atomic mass is 9.72. The van der Waals surface area contributed by atoms with Gasteiger partial charge in [-0.3, -0.25) is 4.57 Å². The van der Waals surface area contributed by atoms with E-state index in [4.69, 9.17) is 19.5 Å². The van der Waals surface area contributed by atoms with E-state index in [0.717, 1.165) is 56.2 Å². The third-order valence-corrected chi connectivity index (χ3v) is 11.7. The molecule has 0 saturated heterocycles. The summed E-state index contributed by atoms with van der Waals surface area (Å²) in [5.41, 5.74) is 11.1. The van der Waals surface area contributed by atoms with Crippen LogP contribution < -0.4 is 4.74 Å². The van der Waals surface area contributed by atoms with Gasteiger partial charge in [0.1, 0.15) is 22.7 Å². The summed E-state index contributed by atoms with van der Waals surface area (Å²) in [6.45, 7) is 22.0. The molecule has 0 amide bonds. The molecule has 2 aromatic heterocycles. The van der Waals surface area contributed by atoms with Crippen molar-refractivity contribution in [1.29, 1.82) is 0 Å². The molecule has 2 atom stereocenters. The minimum Gasteiger partial charge on any atom is -0.464 e. The molecule has 0 fully saturated rings. The average molecular weight is 648 g/mol. The van der Waals surface area contributed by atoms with Gasteiger partial charge in [0.25, 0.3) is 0 Å². The van der Waals surface area contributed by atoms with Crippen molar-refractivity contribution in [3.8, 4) is 17.2 Å². The van der Waals surface area contributed by atoms with Gasteiger partial charge in [-0.25, -0.2) is 9.98 Å². The van der Waals surface area contributed by atoms with Crippen LogP contribution in [0.5, 0.6) is 11.5 Å². The highest BCUT2D eigenvalue weighted by Crippen LogP contribution is 2.51. The van der Waals surface area contributed by atoms with E-state index in [0.29, 0.717) is 5.90 Å². The summed E-state index contributed by atoms with van der Waals surface area (Å²) in [5, 5.41) is 2.41. The van der Waals surface area contributed by atoms with E-state index in [9.17, 15) is 0 Å². The Bertz CT molecular complexity index is 2360. The lowest BCUT2D eigenvalue weighted by molar-refractivity contribution is 0.00855. The van der Waals surface area contributed by atoms with Gasteiger partial charge in [0.15, 0.2) is 5.60 Å². The number of aromatic nitrogens is 2. The number of hydrogen-bond acceptors (Lipinski definition) is 4. The molecule has 0 aliphatic carbocycles. The van der Waals surface area contributed by atoms with Crippen molar-refractivity contribution < 1.29 is 9.47 Å². The standard InChI is InChI=1S/C44H45N3O2/c1-25(2)43(9)44(10,30-15-12-11-13-16-30)49-41(46-43)32-22-37(28(5)20-27(32)4)48-38-23-36-35(21-29(38)6)42(7,8)34-18-14-17-31-33-19-26(3)24-45-40(33)47(36)39(31)34/h11-25H,1-10H3/t43-,44-/m1/s1. The fourth-order valence-corrected chi connectivity index (χ4v) is 8.23. The van der Waals surface area contributed by atoms with Crippen molar-refractivity contribution in [3.63, 3.8) is 0 Å². The van der Waals surface area contributed by atoms with Crippen LogP contribution in [0.25, 0.3) is 27.6 Å². The van der Waals surface area contributed by atoms with Crippen LogP contribution in [-0.4, -0.2) is 21.0 Å². The van der Waals surface area contributed by atoms with E-state index in [1.165, 1.54) is 27.4 Å². The number of pyridine rings is 1. The van der Waals surface area contributed by atoms with Crippen LogP contribution >= 0.6 is 0 Å². The smallest absolute Gasteiger partial charge is 0.218 e. The molecular weight excluding hydrogens is 603 g/mol. The van der Waals surface area contributed by atoms with Gasteiger partial charge in [-0.1, -0.05) is 82.3 Å². The van der Waals surface area contributed by atoms with Crippen LogP contribution in [0.1, 0.15) is 86.1 Å². The molecule has 2 aliphatic rings. The highest BCUT2D eigenvalue weighted by atomic mass is 16.5. The number of aryl methyl sites for hydroxylation is 4. The molecule has 4 aromatic carbocycles. The summed E-state index contributed by atoms with van der Waals surface area (Å²) >= 11 is 0. The average Bonchev–Trinajstić information content (AvgIpc) is 3.54. The summed E-state index contributed by atoms with van der Waals surface area (Å²) < 4.78 is 16.2. The van der Waals surface area contributed by atoms with Crippen molar-refractivity contribution in [1.82, 2.24) is 9.55 Å². The van der Waals surface area contributed by atoms with Crippen LogP contribution in [0.3, 0.4) is 0 Å². The van der Waals surface area contributed by atoms with E-state index in [2.05, 4.69) is 147 Å². The summed E-state index contributed by atoms with van der Waals surface area (Å²) in [4.78, 5) is 10.3. The first-order valence-corrected chi connectivity index (χ1v) is 17.4. The Balaban J connectivity index is 1.25. The van der Waals surface area contributed by atoms with E-state index in [1.54, 1.807) is 0 Å². The van der Waals surface area contributed by atoms with Gasteiger partial charge in [-0.05, 0) is 105 Å². The molecule has 6 aromatic rings. The maximum absolute atomic E-state index is 6.94. The van der Waals surface area contributed by atoms with E-state index in [-0.39, 0.29) is 11.3 Å². The number of fused-ring (bicyclic) bond motifs is 5. The SMILES string of the molecule is Cc1cnc2c(c1)c1cccc3c1n2-c1cc(Oc2cc(C4=N[C@](C)(C(C)C)[C@@](C)(c5ccccc5)O4)c(C)cc2C)c(C)cc1C3(C)C. The second-order valence-corrected chi connectivity index (χ2v) is 15.4. The molecule has 0 saturated carbocycles. The van der Waals surface area contributed by atoms with E-state index in [1.807, 2.05) is 12.3 Å². The lowest BCUT2D eigenvalue weighted by Crippen LogP contribution is -2.47. The van der Waals surface area contributed by atoms with E-state index >= 15 is 0 Å². The highest BCUT2D eigenvalue weighted by Gasteiger charge is 2.55. The zero-order chi connectivity index (χ0) is 34.6. The highest BCUT2D eigenvalue weighted by molar-refractivity contribution is 6.10. The summed E-state index contributed by atoms with van der Waals surface area (Å²) in [7, 11) is 0. The number of rotatable bonds is 5. The molecule has 5 nitrogen and oxygen atoms in total. The molecule has 49 heavy (non-hydrogen) atoms. The zero-order valence-electron chi connectivity index (χ0n) is 30.3. The van der Waals surface area contributed by atoms with Gasteiger partial charge < -0.3 is 9.47 Å². The number of para-hydroxylation sites is 1. The Morgan fingerprint density at radius 3 is 2.18 bits per heavy atom. The fraction of sp³-hybridized carbons (Fsp3) is 0.318. The first-order valence-electron chi connectivity index (χ1n) is 17.4. The molecule has 0 radical (unpaired) electrons. The van der Waals surface area contributed by atoms with Crippen molar-refractivity contribution in [3.05, 3.63) is 130 Å². The van der Waals surface area contributed by atoms with Gasteiger partial charge in [0.05, 0.1) is 11.2 Å². The van der Waals surface area contributed by atoms with Crippen LogP contribution in [-0.2, 0) is 15.8 Å². The van der Waals surface area contributed by atoms with Crippen LogP contribution in [0.15, 0.2) is 90.1 Å². The van der Waals surface area contributed by atoms with Gasteiger partial charge in [-0.15, -0.1) is 0 Å². The maximum atomic E-state index is 6.94. The quantitative estimate of drug-likeness (QED) is 0.187. The Hall–Kier alpha value is -4.90. The van der Waals surface area contributed by atoms with Gasteiger partial charge >= 0.3 is 0 Å². The Labute approximate surface area is 289 Å². The molecule has 0 unspecified atom stereocenters. The molecule has 248 valence electrons. The molecular formula is C44H45N3O2. The molecule has 2 aliphatic heterocycles. The predicted molar refractivity (Wildman–Crippen MR) is 201 cm³/mol. The number of ether oxygens (including phenoxy) is 2. The Morgan fingerprint density at radius 1 is 0.735 bits per heavy atom. The summed E-state index contributed by atoms with van der Waals surface area (Å²) in [6, 6.07) is 28.2. The lowest BCUT2D eigenvalue weighted by Gasteiger charge is -2.40. The number of aliphatic imine (C=N–C) groups is 1. The molecule has 0 N–H and O–H groups in total. The van der Waals surface area contributed by atoms with Gasteiger partial charge in [0, 0.05) is 34.0 Å². The maximum Gasteiger partial charge on any atom is 0.218 e. The monoisotopic (exact) mass is 647 g/mol. The number of benzene rings is 4. The van der Waals surface area contributed by atoms with Crippen LogP contribution in [0.2, 0.25) is 0 Å². The van der Waals surface area contributed by atoms with Crippen molar-refractivity contribution >= 4 is 27.8 Å².